The van der Waals surface area contributed by atoms with Crippen molar-refractivity contribution >= 4 is 5.97 Å². The Labute approximate surface area is 112 Å². The summed E-state index contributed by atoms with van der Waals surface area (Å²) in [5.41, 5.74) is 2.48. The van der Waals surface area contributed by atoms with E-state index >= 15 is 0 Å². The topological polar surface area (TPSA) is 48.4 Å². The molecular formula is C15H15NO3. The molecule has 4 heteroatoms. The highest BCUT2D eigenvalue weighted by Crippen LogP contribution is 2.13. The first kappa shape index (κ1) is 13.1. The number of carbonyl (C=O) groups is 1. The third kappa shape index (κ3) is 3.31. The van der Waals surface area contributed by atoms with E-state index in [9.17, 15) is 4.79 Å². The van der Waals surface area contributed by atoms with E-state index in [0.29, 0.717) is 12.0 Å². The zero-order valence-electron chi connectivity index (χ0n) is 10.9. The lowest BCUT2D eigenvalue weighted by atomic mass is 10.1. The third-order valence-electron chi connectivity index (χ3n) is 2.77. The Kier molecular flexibility index (Phi) is 4.13. The molecule has 2 rings (SSSR count). The van der Waals surface area contributed by atoms with Crippen LogP contribution in [-0.2, 0) is 11.2 Å². The Morgan fingerprint density at radius 2 is 2.05 bits per heavy atom. The summed E-state index contributed by atoms with van der Waals surface area (Å²) in [5.74, 6) is 0.400. The first-order valence-electron chi connectivity index (χ1n) is 5.89. The molecule has 2 aromatic rings. The van der Waals surface area contributed by atoms with E-state index in [1.54, 1.807) is 19.4 Å². The van der Waals surface area contributed by atoms with Crippen LogP contribution < -0.4 is 4.74 Å². The molecule has 0 saturated heterocycles. The van der Waals surface area contributed by atoms with Crippen LogP contribution in [0.4, 0.5) is 0 Å². The number of ether oxygens (including phenoxy) is 2. The highest BCUT2D eigenvalue weighted by Gasteiger charge is 2.06. The third-order valence-corrected chi connectivity index (χ3v) is 2.77. The van der Waals surface area contributed by atoms with Gasteiger partial charge in [-0.25, -0.2) is 4.79 Å². The Bertz CT molecular complexity index is 564. The quantitative estimate of drug-likeness (QED) is 0.789. The molecule has 1 aromatic heterocycles. The van der Waals surface area contributed by atoms with Gasteiger partial charge in [0.15, 0.2) is 0 Å². The Balaban J connectivity index is 2.16. The van der Waals surface area contributed by atoms with Gasteiger partial charge < -0.3 is 9.47 Å². The van der Waals surface area contributed by atoms with Crippen LogP contribution in [0.2, 0.25) is 0 Å². The second-order valence-electron chi connectivity index (χ2n) is 4.06. The Morgan fingerprint density at radius 1 is 1.21 bits per heavy atom. The fraction of sp³-hybridized carbons (Fsp3) is 0.200. The van der Waals surface area contributed by atoms with Crippen LogP contribution in [0.3, 0.4) is 0 Å². The fourth-order valence-corrected chi connectivity index (χ4v) is 1.77. The van der Waals surface area contributed by atoms with Gasteiger partial charge in [0.25, 0.3) is 0 Å². The molecule has 19 heavy (non-hydrogen) atoms. The summed E-state index contributed by atoms with van der Waals surface area (Å²) in [6, 6.07) is 11.1. The lowest BCUT2D eigenvalue weighted by Gasteiger charge is -2.05. The average molecular weight is 257 g/mol. The van der Waals surface area contributed by atoms with Crippen molar-refractivity contribution in [3.8, 4) is 5.75 Å². The molecule has 0 N–H and O–H groups in total. The summed E-state index contributed by atoms with van der Waals surface area (Å²) in [7, 11) is 2.98. The summed E-state index contributed by atoms with van der Waals surface area (Å²) in [6.45, 7) is 0. The van der Waals surface area contributed by atoms with Crippen LogP contribution in [0.25, 0.3) is 0 Å². The summed E-state index contributed by atoms with van der Waals surface area (Å²) >= 11 is 0. The lowest BCUT2D eigenvalue weighted by molar-refractivity contribution is 0.0600. The van der Waals surface area contributed by atoms with E-state index in [4.69, 9.17) is 9.47 Å². The molecule has 0 bridgehead atoms. The molecule has 98 valence electrons. The predicted molar refractivity (Wildman–Crippen MR) is 71.4 cm³/mol. The van der Waals surface area contributed by atoms with Crippen molar-refractivity contribution in [1.82, 2.24) is 4.98 Å². The van der Waals surface area contributed by atoms with E-state index in [1.165, 1.54) is 7.11 Å². The SMILES string of the molecule is COC(=O)c1cccc(Cc2ccc(OC)cn2)c1. The van der Waals surface area contributed by atoms with E-state index < -0.39 is 0 Å². The minimum absolute atomic E-state index is 0.329. The van der Waals surface area contributed by atoms with Crippen molar-refractivity contribution in [2.24, 2.45) is 0 Å². The molecule has 0 aliphatic rings. The summed E-state index contributed by atoms with van der Waals surface area (Å²) in [6.07, 6.45) is 2.34. The molecule has 0 radical (unpaired) electrons. The van der Waals surface area contributed by atoms with Crippen molar-refractivity contribution in [3.05, 3.63) is 59.4 Å². The zero-order valence-corrected chi connectivity index (χ0v) is 10.9. The molecule has 1 aromatic carbocycles. The number of nitrogens with zero attached hydrogens (tertiary/aromatic N) is 1. The van der Waals surface area contributed by atoms with Crippen LogP contribution in [0.15, 0.2) is 42.6 Å². The lowest BCUT2D eigenvalue weighted by Crippen LogP contribution is -2.02. The number of carbonyl (C=O) groups excluding carboxylic acids is 1. The highest BCUT2D eigenvalue weighted by atomic mass is 16.5. The van der Waals surface area contributed by atoms with Crippen LogP contribution in [0.1, 0.15) is 21.6 Å². The first-order valence-corrected chi connectivity index (χ1v) is 5.89. The minimum Gasteiger partial charge on any atom is -0.495 e. The van der Waals surface area contributed by atoms with Gasteiger partial charge in [-0.3, -0.25) is 4.98 Å². The molecule has 0 saturated carbocycles. The highest BCUT2D eigenvalue weighted by molar-refractivity contribution is 5.89. The van der Waals surface area contributed by atoms with Gasteiger partial charge in [-0.05, 0) is 29.8 Å². The van der Waals surface area contributed by atoms with Gasteiger partial charge >= 0.3 is 5.97 Å². The molecule has 0 fully saturated rings. The number of methoxy groups -OCH3 is 2. The average Bonchev–Trinajstić information content (AvgIpc) is 2.47. The van der Waals surface area contributed by atoms with Crippen molar-refractivity contribution in [1.29, 1.82) is 0 Å². The second-order valence-corrected chi connectivity index (χ2v) is 4.06. The molecule has 0 spiro atoms. The van der Waals surface area contributed by atoms with E-state index in [0.717, 1.165) is 17.0 Å². The first-order chi connectivity index (χ1) is 9.22. The summed E-state index contributed by atoms with van der Waals surface area (Å²) in [4.78, 5) is 15.7. The number of aromatic nitrogens is 1. The number of esters is 1. The van der Waals surface area contributed by atoms with E-state index in [2.05, 4.69) is 4.98 Å². The largest absolute Gasteiger partial charge is 0.495 e. The molecule has 0 unspecified atom stereocenters. The smallest absolute Gasteiger partial charge is 0.337 e. The number of pyridine rings is 1. The van der Waals surface area contributed by atoms with E-state index in [1.807, 2.05) is 30.3 Å². The number of rotatable bonds is 4. The van der Waals surface area contributed by atoms with Gasteiger partial charge in [-0.2, -0.15) is 0 Å². The maximum Gasteiger partial charge on any atom is 0.337 e. The van der Waals surface area contributed by atoms with Gasteiger partial charge in [-0.15, -0.1) is 0 Å². The zero-order chi connectivity index (χ0) is 13.7. The summed E-state index contributed by atoms with van der Waals surface area (Å²) < 4.78 is 9.76. The second kappa shape index (κ2) is 6.00. The van der Waals surface area contributed by atoms with Crippen LogP contribution in [0, 0.1) is 0 Å². The maximum absolute atomic E-state index is 11.4. The Hall–Kier alpha value is -2.36. The van der Waals surface area contributed by atoms with E-state index in [-0.39, 0.29) is 5.97 Å². The van der Waals surface area contributed by atoms with Crippen LogP contribution >= 0.6 is 0 Å². The summed E-state index contributed by atoms with van der Waals surface area (Å²) in [5, 5.41) is 0. The molecular weight excluding hydrogens is 242 g/mol. The normalized spacial score (nSPS) is 10.0. The van der Waals surface area contributed by atoms with Crippen molar-refractivity contribution in [2.75, 3.05) is 14.2 Å². The maximum atomic E-state index is 11.4. The fourth-order valence-electron chi connectivity index (χ4n) is 1.77. The number of hydrogen-bond acceptors (Lipinski definition) is 4. The molecule has 0 amide bonds. The molecule has 0 aliphatic heterocycles. The minimum atomic E-state index is -0.329. The van der Waals surface area contributed by atoms with Crippen molar-refractivity contribution < 1.29 is 14.3 Å². The Morgan fingerprint density at radius 3 is 2.68 bits per heavy atom. The number of hydrogen-bond donors (Lipinski definition) is 0. The van der Waals surface area contributed by atoms with Crippen molar-refractivity contribution in [3.63, 3.8) is 0 Å². The van der Waals surface area contributed by atoms with Gasteiger partial charge in [0, 0.05) is 12.1 Å². The van der Waals surface area contributed by atoms with Crippen molar-refractivity contribution in [2.45, 2.75) is 6.42 Å². The van der Waals surface area contributed by atoms with Gasteiger partial charge in [0.05, 0.1) is 26.0 Å². The molecule has 0 atom stereocenters. The molecule has 4 nitrogen and oxygen atoms in total. The monoisotopic (exact) mass is 257 g/mol. The number of benzene rings is 1. The standard InChI is InChI=1S/C15H15NO3/c1-18-14-7-6-13(16-10-14)9-11-4-3-5-12(8-11)15(17)19-2/h3-8,10H,9H2,1-2H3. The van der Waals surface area contributed by atoms with Gasteiger partial charge in [0.2, 0.25) is 0 Å². The molecule has 1 heterocycles. The van der Waals surface area contributed by atoms with Crippen LogP contribution in [0.5, 0.6) is 5.75 Å². The molecule has 0 aliphatic carbocycles. The van der Waals surface area contributed by atoms with Gasteiger partial charge in [0.1, 0.15) is 5.75 Å². The van der Waals surface area contributed by atoms with Crippen LogP contribution in [-0.4, -0.2) is 25.2 Å². The van der Waals surface area contributed by atoms with Gasteiger partial charge in [-0.1, -0.05) is 12.1 Å². The predicted octanol–water partition coefficient (Wildman–Crippen LogP) is 2.47.